The zero-order chi connectivity index (χ0) is 18.2. The van der Waals surface area contributed by atoms with Gasteiger partial charge in [-0.25, -0.2) is 0 Å². The van der Waals surface area contributed by atoms with E-state index < -0.39 is 10.8 Å². The van der Waals surface area contributed by atoms with Crippen molar-refractivity contribution < 1.29 is 4.21 Å². The number of nitrogens with zero attached hydrogens (tertiary/aromatic N) is 2. The molecule has 1 aliphatic heterocycles. The van der Waals surface area contributed by atoms with E-state index in [0.29, 0.717) is 24.1 Å². The van der Waals surface area contributed by atoms with Gasteiger partial charge in [-0.3, -0.25) is 14.1 Å². The molecule has 2 unspecified atom stereocenters. The maximum atomic E-state index is 12.2. The van der Waals surface area contributed by atoms with Crippen molar-refractivity contribution in [3.63, 3.8) is 0 Å². The molecule has 0 aromatic heterocycles. The lowest BCUT2D eigenvalue weighted by atomic mass is 10.2. The third kappa shape index (κ3) is 5.81. The molecule has 2 N–H and O–H groups in total. The molecule has 1 aromatic rings. The minimum absolute atomic E-state index is 0.469. The van der Waals surface area contributed by atoms with E-state index in [1.807, 2.05) is 30.3 Å². The first-order valence-corrected chi connectivity index (χ1v) is 11.3. The highest BCUT2D eigenvalue weighted by atomic mass is 32.2. The van der Waals surface area contributed by atoms with Gasteiger partial charge in [0, 0.05) is 61.1 Å². The first kappa shape index (κ1) is 19.4. The third-order valence-electron chi connectivity index (χ3n) is 5.42. The van der Waals surface area contributed by atoms with Crippen LogP contribution in [0.2, 0.25) is 0 Å². The molecule has 0 amide bonds. The van der Waals surface area contributed by atoms with Gasteiger partial charge >= 0.3 is 0 Å². The van der Waals surface area contributed by atoms with Gasteiger partial charge in [0.2, 0.25) is 0 Å². The van der Waals surface area contributed by atoms with Gasteiger partial charge in [-0.2, -0.15) is 0 Å². The van der Waals surface area contributed by atoms with Gasteiger partial charge in [-0.15, -0.1) is 0 Å². The van der Waals surface area contributed by atoms with Crippen molar-refractivity contribution in [3.05, 3.63) is 35.9 Å². The Kier molecular flexibility index (Phi) is 7.50. The lowest BCUT2D eigenvalue weighted by Gasteiger charge is -2.24. The van der Waals surface area contributed by atoms with E-state index >= 15 is 0 Å². The quantitative estimate of drug-likeness (QED) is 0.565. The van der Waals surface area contributed by atoms with E-state index in [4.69, 9.17) is 0 Å². The lowest BCUT2D eigenvalue weighted by molar-refractivity contribution is 0.242. The molecule has 5 nitrogen and oxygen atoms in total. The Morgan fingerprint density at radius 1 is 1.23 bits per heavy atom. The van der Waals surface area contributed by atoms with Crippen molar-refractivity contribution in [2.75, 3.05) is 32.4 Å². The van der Waals surface area contributed by atoms with Gasteiger partial charge in [0.05, 0.1) is 0 Å². The average molecular weight is 377 g/mol. The second-order valence-electron chi connectivity index (χ2n) is 7.34. The van der Waals surface area contributed by atoms with E-state index in [2.05, 4.69) is 20.5 Å². The van der Waals surface area contributed by atoms with E-state index in [9.17, 15) is 4.21 Å². The Bertz CT molecular complexity index is 601. The van der Waals surface area contributed by atoms with Gasteiger partial charge in [0.15, 0.2) is 5.96 Å². The summed E-state index contributed by atoms with van der Waals surface area (Å²) in [6.07, 6.45) is 6.70. The summed E-state index contributed by atoms with van der Waals surface area (Å²) in [5.41, 5.74) is 1.13. The van der Waals surface area contributed by atoms with Crippen LogP contribution in [0.4, 0.5) is 0 Å². The normalized spacial score (nSPS) is 23.3. The number of benzene rings is 1. The number of likely N-dealkylation sites (tertiary alicyclic amines) is 1. The summed E-state index contributed by atoms with van der Waals surface area (Å²) in [5.74, 6) is 2.09. The molecule has 2 aliphatic rings. The molecule has 144 valence electrons. The Labute approximate surface area is 160 Å². The summed E-state index contributed by atoms with van der Waals surface area (Å²) >= 11 is 0. The molecule has 1 aromatic carbocycles. The molecular weight excluding hydrogens is 344 g/mol. The van der Waals surface area contributed by atoms with Crippen LogP contribution in [0.5, 0.6) is 0 Å². The topological polar surface area (TPSA) is 56.7 Å². The van der Waals surface area contributed by atoms with E-state index in [1.165, 1.54) is 38.6 Å². The van der Waals surface area contributed by atoms with Crippen LogP contribution in [-0.2, 0) is 16.6 Å². The van der Waals surface area contributed by atoms with Crippen LogP contribution in [0, 0.1) is 0 Å². The summed E-state index contributed by atoms with van der Waals surface area (Å²) in [4.78, 5) is 6.98. The van der Waals surface area contributed by atoms with Gasteiger partial charge in [0.25, 0.3) is 0 Å². The maximum Gasteiger partial charge on any atom is 0.191 e. The summed E-state index contributed by atoms with van der Waals surface area (Å²) in [5, 5.41) is 6.87. The Morgan fingerprint density at radius 3 is 2.73 bits per heavy atom. The van der Waals surface area contributed by atoms with Crippen molar-refractivity contribution in [3.8, 4) is 0 Å². The fraction of sp³-hybridized carbons (Fsp3) is 0.650. The molecule has 6 heteroatoms. The standard InChI is InChI=1S/C20H32N4OS/c1-21-20(22-12-14-26(25)16-17-7-3-2-4-8-17)23-18-11-13-24(15-18)19-9-5-6-10-19/h2-4,7-8,18-19H,5-6,9-16H2,1H3,(H2,21,22,23). The van der Waals surface area contributed by atoms with E-state index in [-0.39, 0.29) is 0 Å². The molecule has 0 spiro atoms. The number of nitrogens with one attached hydrogen (secondary N) is 2. The molecule has 2 fully saturated rings. The molecule has 1 heterocycles. The van der Waals surface area contributed by atoms with Crippen LogP contribution in [0.3, 0.4) is 0 Å². The predicted octanol–water partition coefficient (Wildman–Crippen LogP) is 2.12. The second-order valence-corrected chi connectivity index (χ2v) is 8.91. The monoisotopic (exact) mass is 376 g/mol. The zero-order valence-corrected chi connectivity index (χ0v) is 16.6. The van der Waals surface area contributed by atoms with Crippen LogP contribution >= 0.6 is 0 Å². The number of guanidine groups is 1. The molecule has 0 bridgehead atoms. The van der Waals surface area contributed by atoms with Crippen LogP contribution in [0.25, 0.3) is 0 Å². The summed E-state index contributed by atoms with van der Waals surface area (Å²) in [6.45, 7) is 2.99. The van der Waals surface area contributed by atoms with Crippen molar-refractivity contribution >= 4 is 16.8 Å². The number of rotatable bonds is 7. The smallest absolute Gasteiger partial charge is 0.191 e. The van der Waals surface area contributed by atoms with Crippen molar-refractivity contribution in [1.82, 2.24) is 15.5 Å². The molecule has 1 aliphatic carbocycles. The maximum absolute atomic E-state index is 12.2. The van der Waals surface area contributed by atoms with Gasteiger partial charge < -0.3 is 10.6 Å². The van der Waals surface area contributed by atoms with Crippen LogP contribution in [0.15, 0.2) is 35.3 Å². The van der Waals surface area contributed by atoms with E-state index in [0.717, 1.165) is 24.1 Å². The fourth-order valence-electron chi connectivity index (χ4n) is 4.01. The highest BCUT2D eigenvalue weighted by molar-refractivity contribution is 7.84. The number of hydrogen-bond acceptors (Lipinski definition) is 3. The average Bonchev–Trinajstić information content (AvgIpc) is 3.33. The molecule has 3 rings (SSSR count). The highest BCUT2D eigenvalue weighted by Gasteiger charge is 2.30. The Hall–Kier alpha value is -1.40. The van der Waals surface area contributed by atoms with E-state index in [1.54, 1.807) is 7.05 Å². The lowest BCUT2D eigenvalue weighted by Crippen LogP contribution is -2.46. The second kappa shape index (κ2) is 10.1. The van der Waals surface area contributed by atoms with Crippen LogP contribution in [-0.4, -0.2) is 59.6 Å². The molecule has 0 radical (unpaired) electrons. The third-order valence-corrected chi connectivity index (χ3v) is 6.73. The van der Waals surface area contributed by atoms with Gasteiger partial charge in [-0.05, 0) is 24.8 Å². The minimum Gasteiger partial charge on any atom is -0.355 e. The summed E-state index contributed by atoms with van der Waals surface area (Å²) < 4.78 is 12.2. The molecule has 26 heavy (non-hydrogen) atoms. The Morgan fingerprint density at radius 2 is 2.00 bits per heavy atom. The summed E-state index contributed by atoms with van der Waals surface area (Å²) in [6, 6.07) is 11.3. The minimum atomic E-state index is -0.854. The SMILES string of the molecule is CN=C(NCCS(=O)Cc1ccccc1)NC1CCN(C2CCCC2)C1. The molecule has 1 saturated carbocycles. The summed E-state index contributed by atoms with van der Waals surface area (Å²) in [7, 11) is 0.951. The highest BCUT2D eigenvalue weighted by Crippen LogP contribution is 2.26. The first-order valence-electron chi connectivity index (χ1n) is 9.84. The zero-order valence-electron chi connectivity index (χ0n) is 15.8. The van der Waals surface area contributed by atoms with Crippen molar-refractivity contribution in [2.45, 2.75) is 49.9 Å². The van der Waals surface area contributed by atoms with Crippen LogP contribution in [0.1, 0.15) is 37.7 Å². The van der Waals surface area contributed by atoms with Gasteiger partial charge in [0.1, 0.15) is 0 Å². The molecular formula is C20H32N4OS. The van der Waals surface area contributed by atoms with Crippen LogP contribution < -0.4 is 10.6 Å². The van der Waals surface area contributed by atoms with Crippen molar-refractivity contribution in [1.29, 1.82) is 0 Å². The first-order chi connectivity index (χ1) is 12.7. The van der Waals surface area contributed by atoms with Crippen molar-refractivity contribution in [2.24, 2.45) is 4.99 Å². The fourth-order valence-corrected chi connectivity index (χ4v) is 5.05. The number of hydrogen-bond donors (Lipinski definition) is 2. The molecule has 2 atom stereocenters. The predicted molar refractivity (Wildman–Crippen MR) is 110 cm³/mol. The molecule has 1 saturated heterocycles. The largest absolute Gasteiger partial charge is 0.355 e. The Balaban J connectivity index is 1.35. The van der Waals surface area contributed by atoms with Gasteiger partial charge in [-0.1, -0.05) is 43.2 Å². The number of aliphatic imine (C=N–C) groups is 1.